The Hall–Kier alpha value is -3.12. The maximum atomic E-state index is 12.5. The number of nitrogens with one attached hydrogen (secondary N) is 2. The lowest BCUT2D eigenvalue weighted by Gasteiger charge is -2.12. The van der Waals surface area contributed by atoms with Crippen molar-refractivity contribution >= 4 is 34.8 Å². The first-order valence-corrected chi connectivity index (χ1v) is 8.67. The number of aromatic nitrogens is 2. The molecule has 0 spiro atoms. The zero-order valence-corrected chi connectivity index (χ0v) is 16.0. The molecule has 2 aromatic carbocycles. The number of ether oxygens (including phenoxy) is 1. The molecule has 0 bridgehead atoms. The molecule has 27 heavy (non-hydrogen) atoms. The van der Waals surface area contributed by atoms with Crippen molar-refractivity contribution in [1.29, 1.82) is 0 Å². The normalized spacial score (nSPS) is 10.4. The van der Waals surface area contributed by atoms with Gasteiger partial charge in [-0.2, -0.15) is 0 Å². The molecule has 0 saturated carbocycles. The summed E-state index contributed by atoms with van der Waals surface area (Å²) in [4.78, 5) is 21.0. The van der Waals surface area contributed by atoms with Gasteiger partial charge in [0.05, 0.1) is 12.1 Å². The highest BCUT2D eigenvalue weighted by molar-refractivity contribution is 6.32. The average molecular weight is 383 g/mol. The molecule has 1 heterocycles. The molecule has 0 atom stereocenters. The summed E-state index contributed by atoms with van der Waals surface area (Å²) < 4.78 is 5.11. The number of amides is 1. The lowest BCUT2D eigenvalue weighted by atomic mass is 10.1. The average Bonchev–Trinajstić information content (AvgIpc) is 2.65. The number of carbonyl (C=O) groups is 1. The smallest absolute Gasteiger partial charge is 0.274 e. The van der Waals surface area contributed by atoms with E-state index in [9.17, 15) is 4.79 Å². The number of methoxy groups -OCH3 is 1. The first-order chi connectivity index (χ1) is 13.0. The van der Waals surface area contributed by atoms with Crippen LogP contribution in [0, 0.1) is 13.8 Å². The van der Waals surface area contributed by atoms with E-state index in [-0.39, 0.29) is 11.6 Å². The molecule has 1 aromatic heterocycles. The van der Waals surface area contributed by atoms with Crippen molar-refractivity contribution in [2.75, 3.05) is 17.7 Å². The van der Waals surface area contributed by atoms with Crippen molar-refractivity contribution in [3.8, 4) is 5.75 Å². The van der Waals surface area contributed by atoms with Crippen LogP contribution in [-0.2, 0) is 0 Å². The molecule has 0 aliphatic heterocycles. The highest BCUT2D eigenvalue weighted by atomic mass is 35.5. The Balaban J connectivity index is 1.78. The maximum Gasteiger partial charge on any atom is 0.274 e. The number of hydrogen-bond acceptors (Lipinski definition) is 5. The van der Waals surface area contributed by atoms with E-state index >= 15 is 0 Å². The molecule has 3 rings (SSSR count). The first-order valence-electron chi connectivity index (χ1n) is 8.29. The Morgan fingerprint density at radius 2 is 1.85 bits per heavy atom. The van der Waals surface area contributed by atoms with Crippen LogP contribution in [0.5, 0.6) is 5.75 Å². The van der Waals surface area contributed by atoms with Crippen molar-refractivity contribution in [2.24, 2.45) is 0 Å². The minimum atomic E-state index is -0.358. The molecule has 0 fully saturated rings. The minimum absolute atomic E-state index is 0.241. The molecular formula is C20H19ClN4O2. The number of carbonyl (C=O) groups excluding carboxylic acids is 1. The Morgan fingerprint density at radius 3 is 2.52 bits per heavy atom. The van der Waals surface area contributed by atoms with Gasteiger partial charge in [-0.3, -0.25) is 4.79 Å². The Morgan fingerprint density at radius 1 is 1.11 bits per heavy atom. The molecule has 0 saturated heterocycles. The van der Waals surface area contributed by atoms with Crippen LogP contribution in [0.1, 0.15) is 21.6 Å². The standard InChI is InChI=1S/C20H19ClN4O2/c1-12-5-4-6-13(2)18(12)25-20-22-10-9-16(24-20)19(26)23-14-7-8-17(27-3)15(21)11-14/h4-11H,1-3H3,(H,23,26)(H,22,24,25). The lowest BCUT2D eigenvalue weighted by molar-refractivity contribution is 0.102. The summed E-state index contributed by atoms with van der Waals surface area (Å²) >= 11 is 6.09. The zero-order valence-electron chi connectivity index (χ0n) is 15.2. The van der Waals surface area contributed by atoms with E-state index in [4.69, 9.17) is 16.3 Å². The Bertz CT molecular complexity index is 971. The number of halogens is 1. The first kappa shape index (κ1) is 18.7. The van der Waals surface area contributed by atoms with Crippen molar-refractivity contribution in [3.05, 3.63) is 70.5 Å². The van der Waals surface area contributed by atoms with E-state index in [0.29, 0.717) is 22.4 Å². The van der Waals surface area contributed by atoms with Crippen LogP contribution in [0.15, 0.2) is 48.7 Å². The predicted octanol–water partition coefficient (Wildman–Crippen LogP) is 4.75. The molecule has 2 N–H and O–H groups in total. The fourth-order valence-electron chi connectivity index (χ4n) is 2.61. The van der Waals surface area contributed by atoms with Crippen molar-refractivity contribution in [3.63, 3.8) is 0 Å². The van der Waals surface area contributed by atoms with Gasteiger partial charge in [-0.05, 0) is 49.2 Å². The van der Waals surface area contributed by atoms with Gasteiger partial charge in [-0.1, -0.05) is 29.8 Å². The van der Waals surface area contributed by atoms with Crippen LogP contribution in [0.25, 0.3) is 0 Å². The molecule has 0 unspecified atom stereocenters. The van der Waals surface area contributed by atoms with Gasteiger partial charge < -0.3 is 15.4 Å². The van der Waals surface area contributed by atoms with Gasteiger partial charge in [0.15, 0.2) is 0 Å². The summed E-state index contributed by atoms with van der Waals surface area (Å²) in [7, 11) is 1.53. The molecule has 1 amide bonds. The van der Waals surface area contributed by atoms with Gasteiger partial charge in [0.2, 0.25) is 5.95 Å². The second-order valence-electron chi connectivity index (χ2n) is 5.96. The van der Waals surface area contributed by atoms with E-state index < -0.39 is 0 Å². The highest BCUT2D eigenvalue weighted by Gasteiger charge is 2.12. The van der Waals surface area contributed by atoms with Crippen molar-refractivity contribution < 1.29 is 9.53 Å². The van der Waals surface area contributed by atoms with E-state index in [1.54, 1.807) is 30.5 Å². The highest BCUT2D eigenvalue weighted by Crippen LogP contribution is 2.27. The third kappa shape index (κ3) is 4.35. The largest absolute Gasteiger partial charge is 0.495 e. The third-order valence-electron chi connectivity index (χ3n) is 4.02. The van der Waals surface area contributed by atoms with Crippen molar-refractivity contribution in [2.45, 2.75) is 13.8 Å². The number of nitrogens with zero attached hydrogens (tertiary/aromatic N) is 2. The molecule has 0 aliphatic rings. The Labute approximate surface area is 162 Å². The van der Waals surface area contributed by atoms with Gasteiger partial charge >= 0.3 is 0 Å². The van der Waals surface area contributed by atoms with Crippen LogP contribution in [0.3, 0.4) is 0 Å². The summed E-state index contributed by atoms with van der Waals surface area (Å²) in [6.07, 6.45) is 1.54. The lowest BCUT2D eigenvalue weighted by Crippen LogP contribution is -2.15. The van der Waals surface area contributed by atoms with E-state index in [0.717, 1.165) is 16.8 Å². The second-order valence-corrected chi connectivity index (χ2v) is 6.37. The van der Waals surface area contributed by atoms with Crippen LogP contribution in [0.4, 0.5) is 17.3 Å². The third-order valence-corrected chi connectivity index (χ3v) is 4.31. The van der Waals surface area contributed by atoms with Gasteiger partial charge in [-0.15, -0.1) is 0 Å². The van der Waals surface area contributed by atoms with Gasteiger partial charge in [0.1, 0.15) is 11.4 Å². The van der Waals surface area contributed by atoms with Crippen LogP contribution in [0.2, 0.25) is 5.02 Å². The van der Waals surface area contributed by atoms with E-state index in [2.05, 4.69) is 20.6 Å². The fourth-order valence-corrected chi connectivity index (χ4v) is 2.87. The second kappa shape index (κ2) is 8.05. The molecule has 3 aromatic rings. The summed E-state index contributed by atoms with van der Waals surface area (Å²) in [5.41, 5.74) is 3.86. The van der Waals surface area contributed by atoms with Gasteiger partial charge in [0.25, 0.3) is 5.91 Å². The number of hydrogen-bond donors (Lipinski definition) is 2. The minimum Gasteiger partial charge on any atom is -0.495 e. The van der Waals surface area contributed by atoms with Crippen LogP contribution in [-0.4, -0.2) is 23.0 Å². The summed E-state index contributed by atoms with van der Waals surface area (Å²) in [6.45, 7) is 4.00. The molecule has 138 valence electrons. The van der Waals surface area contributed by atoms with Crippen molar-refractivity contribution in [1.82, 2.24) is 9.97 Å². The predicted molar refractivity (Wildman–Crippen MR) is 107 cm³/mol. The van der Waals surface area contributed by atoms with E-state index in [1.807, 2.05) is 32.0 Å². The van der Waals surface area contributed by atoms with E-state index in [1.165, 1.54) is 7.11 Å². The Kier molecular flexibility index (Phi) is 5.57. The maximum absolute atomic E-state index is 12.5. The topological polar surface area (TPSA) is 76.1 Å². The van der Waals surface area contributed by atoms with Gasteiger partial charge in [-0.25, -0.2) is 9.97 Å². The quantitative estimate of drug-likeness (QED) is 0.665. The summed E-state index contributed by atoms with van der Waals surface area (Å²) in [6, 6.07) is 12.6. The SMILES string of the molecule is COc1ccc(NC(=O)c2ccnc(Nc3c(C)cccc3C)n2)cc1Cl. The summed E-state index contributed by atoms with van der Waals surface area (Å²) in [5, 5.41) is 6.36. The molecular weight excluding hydrogens is 364 g/mol. The molecule has 0 aliphatic carbocycles. The van der Waals surface area contributed by atoms with Crippen LogP contribution < -0.4 is 15.4 Å². The number of para-hydroxylation sites is 1. The number of benzene rings is 2. The van der Waals surface area contributed by atoms with Crippen LogP contribution >= 0.6 is 11.6 Å². The monoisotopic (exact) mass is 382 g/mol. The summed E-state index contributed by atoms with van der Waals surface area (Å²) in [5.74, 6) is 0.535. The number of aryl methyl sites for hydroxylation is 2. The number of rotatable bonds is 5. The number of anilines is 3. The zero-order chi connectivity index (χ0) is 19.4. The molecule has 0 radical (unpaired) electrons. The molecule has 7 heteroatoms. The molecule has 6 nitrogen and oxygen atoms in total. The van der Waals surface area contributed by atoms with Gasteiger partial charge in [0, 0.05) is 17.6 Å². The fraction of sp³-hybridized carbons (Fsp3) is 0.150.